The molecule has 0 unspecified atom stereocenters. The summed E-state index contributed by atoms with van der Waals surface area (Å²) in [5.41, 5.74) is 5.50. The molecule has 0 amide bonds. The van der Waals surface area contributed by atoms with Crippen LogP contribution >= 0.6 is 0 Å². The Morgan fingerprint density at radius 3 is 1.52 bits per heavy atom. The molecule has 0 fully saturated rings. The fourth-order valence-electron chi connectivity index (χ4n) is 2.74. The highest BCUT2D eigenvalue weighted by Gasteiger charge is 2.19. The Kier molecular flexibility index (Phi) is 3.76. The van der Waals surface area contributed by atoms with Gasteiger partial charge in [0.2, 0.25) is 0 Å². The summed E-state index contributed by atoms with van der Waals surface area (Å²) in [6.07, 6.45) is 0. The highest BCUT2D eigenvalue weighted by atomic mass is 15.0. The van der Waals surface area contributed by atoms with Gasteiger partial charge in [-0.15, -0.1) is 0 Å². The molecule has 0 aromatic heterocycles. The first-order valence-electron chi connectivity index (χ1n) is 7.48. The zero-order valence-electron chi connectivity index (χ0n) is 12.9. The first kappa shape index (κ1) is 13.8. The molecule has 0 heterocycles. The number of hydrogen-bond donors (Lipinski definition) is 0. The second-order valence-electron chi connectivity index (χ2n) is 5.65. The van der Waals surface area contributed by atoms with E-state index in [4.69, 9.17) is 0 Å². The van der Waals surface area contributed by atoms with Gasteiger partial charge in [-0.25, -0.2) is 0 Å². The van der Waals surface area contributed by atoms with E-state index in [9.17, 15) is 0 Å². The molecule has 21 heavy (non-hydrogen) atoms. The number of fused-ring (bicyclic) bond motifs is 3. The molecule has 1 nitrogen and oxygen atoms in total. The van der Waals surface area contributed by atoms with E-state index in [0.717, 1.165) is 6.54 Å². The van der Waals surface area contributed by atoms with E-state index >= 15 is 0 Å². The largest absolute Gasteiger partial charge is 0.310 e. The first-order valence-corrected chi connectivity index (χ1v) is 7.48. The Morgan fingerprint density at radius 1 is 0.667 bits per heavy atom. The number of rotatable bonds is 1. The Morgan fingerprint density at radius 2 is 1.10 bits per heavy atom. The van der Waals surface area contributed by atoms with E-state index in [1.54, 1.807) is 0 Å². The van der Waals surface area contributed by atoms with Crippen molar-refractivity contribution in [2.75, 3.05) is 20.6 Å². The van der Waals surface area contributed by atoms with Crippen LogP contribution in [0.1, 0.15) is 6.92 Å². The van der Waals surface area contributed by atoms with Crippen molar-refractivity contribution in [2.24, 2.45) is 0 Å². The van der Waals surface area contributed by atoms with Crippen molar-refractivity contribution in [2.45, 2.75) is 6.92 Å². The minimum atomic E-state index is 1.14. The average Bonchev–Trinajstić information content (AvgIpc) is 2.85. The SMILES string of the molecule is CCN(C)C.c1ccc2c(c1)-c1cccc3cccc-2c13. The Bertz CT molecular complexity index is 714. The fraction of sp³-hybridized carbons (Fsp3) is 0.200. The fourth-order valence-corrected chi connectivity index (χ4v) is 2.74. The molecule has 0 saturated carbocycles. The van der Waals surface area contributed by atoms with Gasteiger partial charge in [0.05, 0.1) is 0 Å². The summed E-state index contributed by atoms with van der Waals surface area (Å²) in [6.45, 7) is 3.26. The van der Waals surface area contributed by atoms with Gasteiger partial charge in [-0.3, -0.25) is 0 Å². The van der Waals surface area contributed by atoms with Crippen LogP contribution in [0.3, 0.4) is 0 Å². The molecule has 0 bridgehead atoms. The predicted octanol–water partition coefficient (Wildman–Crippen LogP) is 5.06. The van der Waals surface area contributed by atoms with Crippen molar-refractivity contribution < 1.29 is 0 Å². The predicted molar refractivity (Wildman–Crippen MR) is 92.6 cm³/mol. The maximum Gasteiger partial charge on any atom is -0.00264 e. The average molecular weight is 275 g/mol. The number of nitrogens with zero attached hydrogens (tertiary/aromatic N) is 1. The molecular formula is C20H21N. The van der Waals surface area contributed by atoms with Gasteiger partial charge in [0.15, 0.2) is 0 Å². The molecule has 0 saturated heterocycles. The van der Waals surface area contributed by atoms with Crippen LogP contribution in [0.2, 0.25) is 0 Å². The smallest absolute Gasteiger partial charge is 0.00264 e. The van der Waals surface area contributed by atoms with Crippen molar-refractivity contribution in [1.82, 2.24) is 4.90 Å². The zero-order chi connectivity index (χ0) is 14.8. The van der Waals surface area contributed by atoms with Gasteiger partial charge in [0.1, 0.15) is 0 Å². The molecule has 1 aliphatic rings. The maximum atomic E-state index is 2.22. The van der Waals surface area contributed by atoms with Crippen molar-refractivity contribution in [1.29, 1.82) is 0 Å². The Balaban J connectivity index is 0.000000233. The Labute approximate surface area is 126 Å². The van der Waals surface area contributed by atoms with E-state index in [-0.39, 0.29) is 0 Å². The normalized spacial score (nSPS) is 11.2. The zero-order valence-corrected chi connectivity index (χ0v) is 12.9. The van der Waals surface area contributed by atoms with Crippen LogP contribution in [-0.2, 0) is 0 Å². The second-order valence-corrected chi connectivity index (χ2v) is 5.65. The lowest BCUT2D eigenvalue weighted by Gasteiger charge is -2.00. The van der Waals surface area contributed by atoms with Crippen LogP contribution in [0.5, 0.6) is 0 Å². The lowest BCUT2D eigenvalue weighted by atomic mass is 10.0. The highest BCUT2D eigenvalue weighted by Crippen LogP contribution is 2.46. The molecular weight excluding hydrogens is 254 g/mol. The monoisotopic (exact) mass is 275 g/mol. The van der Waals surface area contributed by atoms with Crippen LogP contribution in [0.4, 0.5) is 0 Å². The summed E-state index contributed by atoms with van der Waals surface area (Å²) in [7, 11) is 4.11. The van der Waals surface area contributed by atoms with E-state index in [0.29, 0.717) is 0 Å². The molecule has 1 aliphatic carbocycles. The number of hydrogen-bond acceptors (Lipinski definition) is 1. The molecule has 0 aliphatic heterocycles. The topological polar surface area (TPSA) is 3.24 Å². The van der Waals surface area contributed by atoms with Crippen molar-refractivity contribution in [3.63, 3.8) is 0 Å². The molecule has 3 aromatic carbocycles. The van der Waals surface area contributed by atoms with Crippen molar-refractivity contribution in [3.8, 4) is 22.3 Å². The minimum Gasteiger partial charge on any atom is -0.310 e. The van der Waals surface area contributed by atoms with Gasteiger partial charge in [0, 0.05) is 0 Å². The summed E-state index contributed by atoms with van der Waals surface area (Å²) in [5, 5.41) is 2.75. The summed E-state index contributed by atoms with van der Waals surface area (Å²) in [4.78, 5) is 2.12. The second kappa shape index (κ2) is 5.71. The maximum absolute atomic E-state index is 2.22. The third kappa shape index (κ3) is 2.45. The molecule has 106 valence electrons. The molecule has 0 spiro atoms. The summed E-state index contributed by atoms with van der Waals surface area (Å²) < 4.78 is 0. The lowest BCUT2D eigenvalue weighted by molar-refractivity contribution is 0.434. The van der Waals surface area contributed by atoms with Gasteiger partial charge in [-0.05, 0) is 53.7 Å². The van der Waals surface area contributed by atoms with Crippen molar-refractivity contribution >= 4 is 10.8 Å². The molecule has 1 heteroatoms. The lowest BCUT2D eigenvalue weighted by Crippen LogP contribution is -2.08. The molecule has 0 atom stereocenters. The summed E-state index contributed by atoms with van der Waals surface area (Å²) >= 11 is 0. The quantitative estimate of drug-likeness (QED) is 0.469. The van der Waals surface area contributed by atoms with Gasteiger partial charge in [-0.1, -0.05) is 67.6 Å². The van der Waals surface area contributed by atoms with E-state index in [1.807, 2.05) is 0 Å². The highest BCUT2D eigenvalue weighted by molar-refractivity contribution is 6.15. The first-order chi connectivity index (χ1) is 10.2. The van der Waals surface area contributed by atoms with Crippen LogP contribution in [0, 0.1) is 0 Å². The third-order valence-electron chi connectivity index (χ3n) is 4.04. The minimum absolute atomic E-state index is 1.14. The van der Waals surface area contributed by atoms with E-state index in [2.05, 4.69) is 86.6 Å². The van der Waals surface area contributed by atoms with Crippen LogP contribution in [-0.4, -0.2) is 25.5 Å². The standard InChI is InChI=1S/C16H10.C4H11N/c1-2-8-13-12(7-1)14-9-3-5-11-6-4-10-15(13)16(11)14;1-4-5(2)3/h1-10H;4H2,1-3H3. The van der Waals surface area contributed by atoms with Crippen LogP contribution < -0.4 is 0 Å². The summed E-state index contributed by atoms with van der Waals surface area (Å²) in [5.74, 6) is 0. The number of benzene rings is 3. The molecule has 3 aromatic rings. The molecule has 0 radical (unpaired) electrons. The Hall–Kier alpha value is -2.12. The van der Waals surface area contributed by atoms with E-state index in [1.165, 1.54) is 33.0 Å². The molecule has 4 rings (SSSR count). The van der Waals surface area contributed by atoms with Crippen LogP contribution in [0.25, 0.3) is 33.0 Å². The molecule has 0 N–H and O–H groups in total. The van der Waals surface area contributed by atoms with Gasteiger partial charge < -0.3 is 4.90 Å². The van der Waals surface area contributed by atoms with Gasteiger partial charge in [-0.2, -0.15) is 0 Å². The van der Waals surface area contributed by atoms with Crippen LogP contribution in [0.15, 0.2) is 60.7 Å². The van der Waals surface area contributed by atoms with Crippen molar-refractivity contribution in [3.05, 3.63) is 60.7 Å². The summed E-state index contributed by atoms with van der Waals surface area (Å²) in [6, 6.07) is 21.8. The van der Waals surface area contributed by atoms with Gasteiger partial charge >= 0.3 is 0 Å². The van der Waals surface area contributed by atoms with E-state index < -0.39 is 0 Å². The third-order valence-corrected chi connectivity index (χ3v) is 4.04. The van der Waals surface area contributed by atoms with Gasteiger partial charge in [0.25, 0.3) is 0 Å².